The number of morpholine rings is 1. The first kappa shape index (κ1) is 12.8. The molecule has 3 rings (SSSR count). The predicted octanol–water partition coefficient (Wildman–Crippen LogP) is 1.50. The summed E-state index contributed by atoms with van der Waals surface area (Å²) in [5.41, 5.74) is 6.90. The predicted molar refractivity (Wildman–Crippen MR) is 73.9 cm³/mol. The van der Waals surface area contributed by atoms with E-state index >= 15 is 0 Å². The van der Waals surface area contributed by atoms with Crippen molar-refractivity contribution in [2.75, 3.05) is 39.1 Å². The second-order valence-electron chi connectivity index (χ2n) is 4.59. The average molecular weight is 276 g/mol. The third-order valence-corrected chi connectivity index (χ3v) is 3.43. The van der Waals surface area contributed by atoms with Crippen molar-refractivity contribution >= 4 is 22.6 Å². The van der Waals surface area contributed by atoms with Gasteiger partial charge in [-0.05, 0) is 12.1 Å². The molecule has 1 aromatic carbocycles. The Morgan fingerprint density at radius 2 is 2.10 bits per heavy atom. The highest BCUT2D eigenvalue weighted by atomic mass is 16.5. The number of fused-ring (bicyclic) bond motifs is 1. The Balaban J connectivity index is 2.03. The van der Waals surface area contributed by atoms with E-state index in [1.165, 1.54) is 0 Å². The first-order valence-corrected chi connectivity index (χ1v) is 6.44. The van der Waals surface area contributed by atoms with Gasteiger partial charge in [-0.15, -0.1) is 0 Å². The molecule has 0 radical (unpaired) electrons. The molecule has 2 heterocycles. The van der Waals surface area contributed by atoms with Crippen LogP contribution < -0.4 is 10.5 Å². The smallest absolute Gasteiger partial charge is 0.291 e. The van der Waals surface area contributed by atoms with Crippen LogP contribution in [-0.2, 0) is 4.74 Å². The molecule has 0 unspecified atom stereocenters. The van der Waals surface area contributed by atoms with Crippen molar-refractivity contribution in [1.29, 1.82) is 0 Å². The summed E-state index contributed by atoms with van der Waals surface area (Å²) in [5.74, 6) is 0.533. The van der Waals surface area contributed by atoms with Crippen LogP contribution in [0.25, 0.3) is 11.0 Å². The molecule has 1 saturated heterocycles. The van der Waals surface area contributed by atoms with Crippen LogP contribution in [0, 0.1) is 0 Å². The number of ether oxygens (including phenoxy) is 2. The molecule has 0 bridgehead atoms. The molecule has 1 fully saturated rings. The molecule has 2 N–H and O–H groups in total. The van der Waals surface area contributed by atoms with Crippen molar-refractivity contribution in [3.8, 4) is 5.75 Å². The van der Waals surface area contributed by atoms with E-state index in [0.717, 1.165) is 0 Å². The largest absolute Gasteiger partial charge is 0.493 e. The van der Waals surface area contributed by atoms with E-state index in [1.54, 1.807) is 18.1 Å². The average Bonchev–Trinajstić information content (AvgIpc) is 2.85. The summed E-state index contributed by atoms with van der Waals surface area (Å²) in [6.45, 7) is 2.17. The number of hydrogen-bond donors (Lipinski definition) is 1. The Hall–Kier alpha value is -2.21. The van der Waals surface area contributed by atoms with Crippen LogP contribution in [-0.4, -0.2) is 44.2 Å². The molecule has 2 aromatic rings. The van der Waals surface area contributed by atoms with Gasteiger partial charge in [-0.1, -0.05) is 6.07 Å². The van der Waals surface area contributed by atoms with Gasteiger partial charge in [0.1, 0.15) is 0 Å². The third kappa shape index (κ3) is 1.98. The molecule has 1 aliphatic rings. The van der Waals surface area contributed by atoms with Crippen LogP contribution in [0.2, 0.25) is 0 Å². The summed E-state index contributed by atoms with van der Waals surface area (Å²) in [4.78, 5) is 14.1. The maximum atomic E-state index is 12.4. The lowest BCUT2D eigenvalue weighted by atomic mass is 10.2. The Morgan fingerprint density at radius 1 is 1.35 bits per heavy atom. The van der Waals surface area contributed by atoms with Crippen LogP contribution in [0.5, 0.6) is 5.75 Å². The lowest BCUT2D eigenvalue weighted by Crippen LogP contribution is -2.40. The maximum absolute atomic E-state index is 12.4. The molecule has 6 nitrogen and oxygen atoms in total. The number of rotatable bonds is 2. The molecule has 0 aliphatic carbocycles. The molecular weight excluding hydrogens is 260 g/mol. The van der Waals surface area contributed by atoms with Gasteiger partial charge in [0.2, 0.25) is 5.76 Å². The highest BCUT2D eigenvalue weighted by molar-refractivity contribution is 6.06. The molecule has 6 heteroatoms. The third-order valence-electron chi connectivity index (χ3n) is 3.43. The normalized spacial score (nSPS) is 15.6. The number of nitrogens with zero attached hydrogens (tertiary/aromatic N) is 1. The monoisotopic (exact) mass is 276 g/mol. The summed E-state index contributed by atoms with van der Waals surface area (Å²) in [6.07, 6.45) is 0. The Labute approximate surface area is 116 Å². The molecule has 1 amide bonds. The molecule has 1 aliphatic heterocycles. The number of carbonyl (C=O) groups excluding carboxylic acids is 1. The second kappa shape index (κ2) is 5.05. The fourth-order valence-corrected chi connectivity index (χ4v) is 2.34. The number of amides is 1. The topological polar surface area (TPSA) is 77.9 Å². The number of anilines is 1. The fourth-order valence-electron chi connectivity index (χ4n) is 2.34. The number of carbonyl (C=O) groups is 1. The van der Waals surface area contributed by atoms with Crippen molar-refractivity contribution in [2.45, 2.75) is 0 Å². The first-order valence-electron chi connectivity index (χ1n) is 6.44. The number of benzene rings is 1. The lowest BCUT2D eigenvalue weighted by molar-refractivity contribution is 0.0285. The van der Waals surface area contributed by atoms with Gasteiger partial charge < -0.3 is 24.5 Å². The number of nitrogens with two attached hydrogens (primary N) is 1. The van der Waals surface area contributed by atoms with Gasteiger partial charge in [0, 0.05) is 18.5 Å². The second-order valence-corrected chi connectivity index (χ2v) is 4.59. The van der Waals surface area contributed by atoms with Gasteiger partial charge in [-0.2, -0.15) is 0 Å². The van der Waals surface area contributed by atoms with Crippen LogP contribution in [0.3, 0.4) is 0 Å². The van der Waals surface area contributed by atoms with Crippen molar-refractivity contribution in [1.82, 2.24) is 4.90 Å². The minimum atomic E-state index is -0.205. The van der Waals surface area contributed by atoms with Crippen molar-refractivity contribution in [3.05, 3.63) is 24.0 Å². The first-order chi connectivity index (χ1) is 9.72. The summed E-state index contributed by atoms with van der Waals surface area (Å²) < 4.78 is 16.1. The molecule has 0 atom stereocenters. The minimum Gasteiger partial charge on any atom is -0.493 e. The van der Waals surface area contributed by atoms with Gasteiger partial charge in [-0.3, -0.25) is 4.79 Å². The summed E-state index contributed by atoms with van der Waals surface area (Å²) >= 11 is 0. The van der Waals surface area contributed by atoms with Crippen LogP contribution in [0.1, 0.15) is 10.6 Å². The van der Waals surface area contributed by atoms with E-state index < -0.39 is 0 Å². The van der Waals surface area contributed by atoms with Crippen molar-refractivity contribution < 1.29 is 18.7 Å². The minimum absolute atomic E-state index is 0.173. The van der Waals surface area contributed by atoms with Crippen LogP contribution in [0.4, 0.5) is 5.69 Å². The van der Waals surface area contributed by atoms with Gasteiger partial charge in [0.25, 0.3) is 5.91 Å². The zero-order chi connectivity index (χ0) is 14.1. The SMILES string of the molecule is COc1cccc2c(N)c(C(=O)N3CCOCC3)oc12. The highest BCUT2D eigenvalue weighted by Crippen LogP contribution is 2.35. The number of nitrogen functional groups attached to an aromatic ring is 1. The van der Waals surface area contributed by atoms with E-state index in [2.05, 4.69) is 0 Å². The number of furan rings is 1. The maximum Gasteiger partial charge on any atom is 0.291 e. The van der Waals surface area contributed by atoms with Crippen molar-refractivity contribution in [3.63, 3.8) is 0 Å². The number of para-hydroxylation sites is 1. The van der Waals surface area contributed by atoms with Gasteiger partial charge >= 0.3 is 0 Å². The molecule has 0 spiro atoms. The summed E-state index contributed by atoms with van der Waals surface area (Å²) in [5, 5.41) is 0.695. The van der Waals surface area contributed by atoms with Crippen molar-refractivity contribution in [2.24, 2.45) is 0 Å². The zero-order valence-electron chi connectivity index (χ0n) is 11.2. The van der Waals surface area contributed by atoms with E-state index in [-0.39, 0.29) is 11.7 Å². The van der Waals surface area contributed by atoms with Crippen LogP contribution in [0.15, 0.2) is 22.6 Å². The van der Waals surface area contributed by atoms with Crippen LogP contribution >= 0.6 is 0 Å². The fraction of sp³-hybridized carbons (Fsp3) is 0.357. The molecule has 20 heavy (non-hydrogen) atoms. The van der Waals surface area contributed by atoms with Gasteiger partial charge in [-0.25, -0.2) is 0 Å². The number of hydrogen-bond acceptors (Lipinski definition) is 5. The Bertz CT molecular complexity index is 644. The van der Waals surface area contributed by atoms with E-state index in [1.807, 2.05) is 12.1 Å². The standard InChI is InChI=1S/C14H16N2O4/c1-18-10-4-2-3-9-11(15)13(20-12(9)10)14(17)16-5-7-19-8-6-16/h2-4H,5-8,15H2,1H3. The van der Waals surface area contributed by atoms with E-state index in [9.17, 15) is 4.79 Å². The van der Waals surface area contributed by atoms with Gasteiger partial charge in [0.15, 0.2) is 11.3 Å². The lowest BCUT2D eigenvalue weighted by Gasteiger charge is -2.25. The summed E-state index contributed by atoms with van der Waals surface area (Å²) in [7, 11) is 1.55. The Morgan fingerprint density at radius 3 is 2.80 bits per heavy atom. The highest BCUT2D eigenvalue weighted by Gasteiger charge is 2.26. The molecule has 1 aromatic heterocycles. The van der Waals surface area contributed by atoms with E-state index in [4.69, 9.17) is 19.6 Å². The molecular formula is C14H16N2O4. The zero-order valence-corrected chi connectivity index (χ0v) is 11.2. The quantitative estimate of drug-likeness (QED) is 0.899. The summed E-state index contributed by atoms with van der Waals surface area (Å²) in [6, 6.07) is 5.40. The van der Waals surface area contributed by atoms with E-state index in [0.29, 0.717) is 48.7 Å². The number of methoxy groups -OCH3 is 1. The molecule has 106 valence electrons. The van der Waals surface area contributed by atoms with Gasteiger partial charge in [0.05, 0.1) is 26.0 Å². The molecule has 0 saturated carbocycles. The Kier molecular flexibility index (Phi) is 3.23.